The second kappa shape index (κ2) is 5.19. The summed E-state index contributed by atoms with van der Waals surface area (Å²) < 4.78 is 1.64. The van der Waals surface area contributed by atoms with Gasteiger partial charge in [-0.05, 0) is 13.3 Å². The van der Waals surface area contributed by atoms with E-state index in [-0.39, 0.29) is 5.91 Å². The highest BCUT2D eigenvalue weighted by Crippen LogP contribution is 2.08. The maximum atomic E-state index is 11.6. The second-order valence-electron chi connectivity index (χ2n) is 3.12. The number of nitrogens with one attached hydrogen (secondary N) is 1. The standard InChI is InChI=1S/C10H16N4O/c1-3-5-6-12-10(15)9-8(11)7-14(4-2)13-9/h3,7H,1,4-6,11H2,2H3,(H,12,15). The van der Waals surface area contributed by atoms with Gasteiger partial charge >= 0.3 is 0 Å². The van der Waals surface area contributed by atoms with Crippen LogP contribution < -0.4 is 11.1 Å². The molecule has 1 amide bonds. The predicted octanol–water partition coefficient (Wildman–Crippen LogP) is 0.791. The van der Waals surface area contributed by atoms with Gasteiger partial charge in [-0.1, -0.05) is 6.08 Å². The van der Waals surface area contributed by atoms with Crippen LogP contribution in [0.1, 0.15) is 23.8 Å². The van der Waals surface area contributed by atoms with Crippen molar-refractivity contribution in [3.63, 3.8) is 0 Å². The van der Waals surface area contributed by atoms with E-state index in [4.69, 9.17) is 5.73 Å². The van der Waals surface area contributed by atoms with Gasteiger partial charge in [0.25, 0.3) is 5.91 Å². The summed E-state index contributed by atoms with van der Waals surface area (Å²) in [7, 11) is 0. The first-order valence-electron chi connectivity index (χ1n) is 4.91. The van der Waals surface area contributed by atoms with Gasteiger partial charge < -0.3 is 11.1 Å². The highest BCUT2D eigenvalue weighted by Gasteiger charge is 2.13. The van der Waals surface area contributed by atoms with E-state index >= 15 is 0 Å². The van der Waals surface area contributed by atoms with Crippen molar-refractivity contribution in [2.45, 2.75) is 19.9 Å². The summed E-state index contributed by atoms with van der Waals surface area (Å²) in [6, 6.07) is 0. The van der Waals surface area contributed by atoms with E-state index in [2.05, 4.69) is 17.0 Å². The molecule has 1 aromatic rings. The van der Waals surface area contributed by atoms with E-state index in [1.807, 2.05) is 6.92 Å². The molecule has 0 aliphatic rings. The highest BCUT2D eigenvalue weighted by atomic mass is 16.1. The summed E-state index contributed by atoms with van der Waals surface area (Å²) in [6.07, 6.45) is 4.14. The third-order valence-electron chi connectivity index (χ3n) is 1.96. The molecule has 0 atom stereocenters. The number of carbonyl (C=O) groups excluding carboxylic acids is 1. The van der Waals surface area contributed by atoms with Gasteiger partial charge in [0.05, 0.1) is 5.69 Å². The van der Waals surface area contributed by atoms with Gasteiger partial charge in [-0.25, -0.2) is 0 Å². The topological polar surface area (TPSA) is 72.9 Å². The number of hydrogen-bond acceptors (Lipinski definition) is 3. The van der Waals surface area contributed by atoms with Crippen molar-refractivity contribution in [3.8, 4) is 0 Å². The quantitative estimate of drug-likeness (QED) is 0.555. The van der Waals surface area contributed by atoms with Crippen LogP contribution in [0.3, 0.4) is 0 Å². The fraction of sp³-hybridized carbons (Fsp3) is 0.400. The number of anilines is 1. The molecule has 1 heterocycles. The number of nitrogens with two attached hydrogens (primary N) is 1. The number of nitrogen functional groups attached to an aromatic ring is 1. The summed E-state index contributed by atoms with van der Waals surface area (Å²) in [5.74, 6) is -0.235. The zero-order chi connectivity index (χ0) is 11.3. The number of nitrogens with zero attached hydrogens (tertiary/aromatic N) is 2. The molecule has 5 heteroatoms. The normalized spacial score (nSPS) is 9.93. The van der Waals surface area contributed by atoms with Crippen molar-refractivity contribution < 1.29 is 4.79 Å². The van der Waals surface area contributed by atoms with Crippen molar-refractivity contribution in [1.82, 2.24) is 15.1 Å². The molecule has 1 aromatic heterocycles. The first-order chi connectivity index (χ1) is 7.19. The Morgan fingerprint density at radius 3 is 3.07 bits per heavy atom. The van der Waals surface area contributed by atoms with Gasteiger partial charge in [0.15, 0.2) is 5.69 Å². The lowest BCUT2D eigenvalue weighted by Crippen LogP contribution is -2.25. The highest BCUT2D eigenvalue weighted by molar-refractivity contribution is 5.96. The Morgan fingerprint density at radius 2 is 2.53 bits per heavy atom. The predicted molar refractivity (Wildman–Crippen MR) is 59.5 cm³/mol. The largest absolute Gasteiger partial charge is 0.396 e. The Hall–Kier alpha value is -1.78. The van der Waals surface area contributed by atoms with Crippen LogP contribution >= 0.6 is 0 Å². The number of carbonyl (C=O) groups is 1. The number of aromatic nitrogens is 2. The average Bonchev–Trinajstić information content (AvgIpc) is 2.60. The molecular formula is C10H16N4O. The molecule has 0 aliphatic carbocycles. The van der Waals surface area contributed by atoms with Gasteiger partial charge in [0.1, 0.15) is 0 Å². The molecular weight excluding hydrogens is 192 g/mol. The molecule has 0 unspecified atom stereocenters. The molecule has 0 fully saturated rings. The lowest BCUT2D eigenvalue weighted by Gasteiger charge is -2.00. The van der Waals surface area contributed by atoms with Crippen LogP contribution in [-0.2, 0) is 6.54 Å². The van der Waals surface area contributed by atoms with Crippen molar-refractivity contribution in [2.75, 3.05) is 12.3 Å². The Kier molecular flexibility index (Phi) is 3.91. The van der Waals surface area contributed by atoms with Crippen LogP contribution in [0.25, 0.3) is 0 Å². The second-order valence-corrected chi connectivity index (χ2v) is 3.12. The summed E-state index contributed by atoms with van der Waals surface area (Å²) in [6.45, 7) is 6.76. The van der Waals surface area contributed by atoms with Gasteiger partial charge in [-0.3, -0.25) is 9.48 Å². The summed E-state index contributed by atoms with van der Waals surface area (Å²) in [5, 5.41) is 6.77. The maximum absolute atomic E-state index is 11.6. The minimum atomic E-state index is -0.235. The third-order valence-corrected chi connectivity index (χ3v) is 1.96. The van der Waals surface area contributed by atoms with Crippen molar-refractivity contribution in [1.29, 1.82) is 0 Å². The van der Waals surface area contributed by atoms with Crippen LogP contribution in [0, 0.1) is 0 Å². The molecule has 5 nitrogen and oxygen atoms in total. The van der Waals surface area contributed by atoms with E-state index in [0.29, 0.717) is 24.5 Å². The zero-order valence-electron chi connectivity index (χ0n) is 8.86. The van der Waals surface area contributed by atoms with Gasteiger partial charge in [-0.15, -0.1) is 6.58 Å². The number of aryl methyl sites for hydroxylation is 1. The van der Waals surface area contributed by atoms with Crippen LogP contribution in [0.2, 0.25) is 0 Å². The lowest BCUT2D eigenvalue weighted by atomic mass is 10.3. The maximum Gasteiger partial charge on any atom is 0.273 e. The molecule has 0 saturated heterocycles. The minimum absolute atomic E-state index is 0.235. The van der Waals surface area contributed by atoms with Gasteiger partial charge in [0.2, 0.25) is 0 Å². The molecule has 82 valence electrons. The van der Waals surface area contributed by atoms with Crippen LogP contribution in [0.15, 0.2) is 18.9 Å². The SMILES string of the molecule is C=CCCNC(=O)c1nn(CC)cc1N. The Balaban J connectivity index is 2.64. The first kappa shape index (κ1) is 11.3. The minimum Gasteiger partial charge on any atom is -0.396 e. The fourth-order valence-electron chi connectivity index (χ4n) is 1.15. The third kappa shape index (κ3) is 2.83. The van der Waals surface area contributed by atoms with Crippen molar-refractivity contribution >= 4 is 11.6 Å². The molecule has 0 aliphatic heterocycles. The molecule has 15 heavy (non-hydrogen) atoms. The molecule has 0 bridgehead atoms. The van der Waals surface area contributed by atoms with Crippen molar-refractivity contribution in [3.05, 3.63) is 24.5 Å². The van der Waals surface area contributed by atoms with E-state index in [1.165, 1.54) is 0 Å². The molecule has 0 spiro atoms. The van der Waals surface area contributed by atoms with E-state index in [0.717, 1.165) is 6.42 Å². The summed E-state index contributed by atoms with van der Waals surface area (Å²) in [4.78, 5) is 11.6. The smallest absolute Gasteiger partial charge is 0.273 e. The number of hydrogen-bond donors (Lipinski definition) is 2. The van der Waals surface area contributed by atoms with Gasteiger partial charge in [-0.2, -0.15) is 5.10 Å². The van der Waals surface area contributed by atoms with Crippen LogP contribution in [0.4, 0.5) is 5.69 Å². The fourth-order valence-corrected chi connectivity index (χ4v) is 1.15. The monoisotopic (exact) mass is 208 g/mol. The number of rotatable bonds is 5. The number of amides is 1. The van der Waals surface area contributed by atoms with Gasteiger partial charge in [0, 0.05) is 19.3 Å². The average molecular weight is 208 g/mol. The van der Waals surface area contributed by atoms with E-state index in [1.54, 1.807) is 17.0 Å². The lowest BCUT2D eigenvalue weighted by molar-refractivity contribution is 0.0949. The van der Waals surface area contributed by atoms with Crippen LogP contribution in [-0.4, -0.2) is 22.2 Å². The first-order valence-corrected chi connectivity index (χ1v) is 4.91. The molecule has 0 saturated carbocycles. The summed E-state index contributed by atoms with van der Waals surface area (Å²) >= 11 is 0. The Morgan fingerprint density at radius 1 is 1.80 bits per heavy atom. The molecule has 1 rings (SSSR count). The zero-order valence-corrected chi connectivity index (χ0v) is 8.86. The van der Waals surface area contributed by atoms with Crippen molar-refractivity contribution in [2.24, 2.45) is 0 Å². The van der Waals surface area contributed by atoms with Crippen LogP contribution in [0.5, 0.6) is 0 Å². The van der Waals surface area contributed by atoms with E-state index in [9.17, 15) is 4.79 Å². The molecule has 0 radical (unpaired) electrons. The Bertz CT molecular complexity index is 356. The summed E-state index contributed by atoms with van der Waals surface area (Å²) in [5.41, 5.74) is 6.36. The Labute approximate surface area is 89.0 Å². The van der Waals surface area contributed by atoms with E-state index < -0.39 is 0 Å². The molecule has 0 aromatic carbocycles. The molecule has 3 N–H and O–H groups in total.